The van der Waals surface area contributed by atoms with Crippen LogP contribution in [0.3, 0.4) is 0 Å². The summed E-state index contributed by atoms with van der Waals surface area (Å²) in [7, 11) is 1.52. The number of aliphatic hydroxyl groups is 1. The maximum Gasteiger partial charge on any atom is 0.301 e. The minimum Gasteiger partial charge on any atom is -0.507 e. The second kappa shape index (κ2) is 11.1. The smallest absolute Gasteiger partial charge is 0.301 e. The number of rotatable bonds is 9. The fraction of sp³-hybridized carbons (Fsp3) is 0.286. The first-order chi connectivity index (χ1) is 18.2. The van der Waals surface area contributed by atoms with Crippen molar-refractivity contribution in [1.29, 1.82) is 0 Å². The number of carbonyl (C=O) groups excluding carboxylic acids is 3. The van der Waals surface area contributed by atoms with Crippen LogP contribution in [0.4, 0.5) is 5.13 Å². The van der Waals surface area contributed by atoms with Gasteiger partial charge in [-0.15, -0.1) is 0 Å². The second-order valence-corrected chi connectivity index (χ2v) is 9.41. The third-order valence-corrected chi connectivity index (χ3v) is 7.26. The number of methoxy groups -OCH3 is 1. The standard InChI is InChI=1S/C28H28N2O7S/c1-6-36-20-13-10-18(14-21(20)37-7-2)23-22(24(32)17-8-11-19(35-5)12-9-17)25(33)27(34)30(23)28-29-15(3)26(38-28)16(4)31/h8-14,23,32H,6-7H2,1-5H3/b24-22+. The number of hydrogen-bond acceptors (Lipinski definition) is 9. The Morgan fingerprint density at radius 1 is 1.05 bits per heavy atom. The lowest BCUT2D eigenvalue weighted by Gasteiger charge is -2.24. The van der Waals surface area contributed by atoms with E-state index in [-0.39, 0.29) is 22.2 Å². The first-order valence-electron chi connectivity index (χ1n) is 12.0. The number of anilines is 1. The topological polar surface area (TPSA) is 115 Å². The van der Waals surface area contributed by atoms with Crippen molar-refractivity contribution >= 4 is 39.7 Å². The lowest BCUT2D eigenvalue weighted by molar-refractivity contribution is -0.132. The Morgan fingerprint density at radius 2 is 1.71 bits per heavy atom. The number of Topliss-reactive ketones (excluding diaryl/α,β-unsaturated/α-hetero) is 2. The highest BCUT2D eigenvalue weighted by Crippen LogP contribution is 2.45. The molecule has 4 rings (SSSR count). The van der Waals surface area contributed by atoms with Crippen molar-refractivity contribution in [1.82, 2.24) is 4.98 Å². The molecule has 2 heterocycles. The van der Waals surface area contributed by atoms with E-state index >= 15 is 0 Å². The number of aryl methyl sites for hydroxylation is 1. The van der Waals surface area contributed by atoms with E-state index in [1.807, 2.05) is 13.8 Å². The molecule has 1 atom stereocenters. The summed E-state index contributed by atoms with van der Waals surface area (Å²) in [5, 5.41) is 11.5. The molecule has 1 aliphatic rings. The molecule has 10 heteroatoms. The number of aromatic nitrogens is 1. The summed E-state index contributed by atoms with van der Waals surface area (Å²) in [5.41, 5.74) is 1.19. The van der Waals surface area contributed by atoms with Gasteiger partial charge in [0.25, 0.3) is 5.78 Å². The predicted octanol–water partition coefficient (Wildman–Crippen LogP) is 5.09. The number of benzene rings is 2. The number of carbonyl (C=O) groups is 3. The fourth-order valence-corrected chi connectivity index (χ4v) is 5.29. The van der Waals surface area contributed by atoms with E-state index in [9.17, 15) is 19.5 Å². The molecule has 38 heavy (non-hydrogen) atoms. The maximum absolute atomic E-state index is 13.4. The van der Waals surface area contributed by atoms with Crippen molar-refractivity contribution in [3.63, 3.8) is 0 Å². The van der Waals surface area contributed by atoms with Crippen LogP contribution in [0, 0.1) is 6.92 Å². The lowest BCUT2D eigenvalue weighted by atomic mass is 9.95. The fourth-order valence-electron chi connectivity index (χ4n) is 4.30. The summed E-state index contributed by atoms with van der Waals surface area (Å²) >= 11 is 1.02. The van der Waals surface area contributed by atoms with Crippen molar-refractivity contribution < 1.29 is 33.7 Å². The molecular weight excluding hydrogens is 508 g/mol. The van der Waals surface area contributed by atoms with E-state index in [1.165, 1.54) is 18.9 Å². The minimum atomic E-state index is -1.03. The van der Waals surface area contributed by atoms with Crippen LogP contribution in [0.25, 0.3) is 5.76 Å². The third-order valence-electron chi connectivity index (χ3n) is 6.00. The van der Waals surface area contributed by atoms with Gasteiger partial charge in [0.1, 0.15) is 11.5 Å². The van der Waals surface area contributed by atoms with Crippen molar-refractivity contribution in [2.75, 3.05) is 25.2 Å². The van der Waals surface area contributed by atoms with Crippen molar-refractivity contribution in [2.45, 2.75) is 33.7 Å². The van der Waals surface area contributed by atoms with Crippen LogP contribution in [0.15, 0.2) is 48.0 Å². The number of thiazole rings is 1. The van der Waals surface area contributed by atoms with E-state index in [0.29, 0.717) is 52.2 Å². The van der Waals surface area contributed by atoms with Gasteiger partial charge in [-0.05, 0) is 62.7 Å². The van der Waals surface area contributed by atoms with Crippen molar-refractivity contribution in [3.05, 3.63) is 69.7 Å². The van der Waals surface area contributed by atoms with Gasteiger partial charge in [0.05, 0.1) is 42.5 Å². The normalized spacial score (nSPS) is 16.6. The number of amides is 1. The molecule has 9 nitrogen and oxygen atoms in total. The molecule has 2 aromatic carbocycles. The maximum atomic E-state index is 13.4. The Morgan fingerprint density at radius 3 is 2.29 bits per heavy atom. The molecule has 1 aliphatic heterocycles. The molecule has 0 spiro atoms. The Balaban J connectivity index is 1.95. The van der Waals surface area contributed by atoms with Crippen LogP contribution < -0.4 is 19.1 Å². The van der Waals surface area contributed by atoms with Gasteiger partial charge in [0.2, 0.25) is 0 Å². The lowest BCUT2D eigenvalue weighted by Crippen LogP contribution is -2.29. The molecule has 0 radical (unpaired) electrons. The average molecular weight is 537 g/mol. The molecule has 3 aromatic rings. The molecule has 1 N–H and O–H groups in total. The van der Waals surface area contributed by atoms with Crippen LogP contribution in [0.2, 0.25) is 0 Å². The number of nitrogens with zero attached hydrogens (tertiary/aromatic N) is 2. The quantitative estimate of drug-likeness (QED) is 0.174. The summed E-state index contributed by atoms with van der Waals surface area (Å²) in [4.78, 5) is 45.1. The average Bonchev–Trinajstić information content (AvgIpc) is 3.41. The summed E-state index contributed by atoms with van der Waals surface area (Å²) in [5.74, 6) is -0.756. The van der Waals surface area contributed by atoms with Gasteiger partial charge < -0.3 is 19.3 Å². The van der Waals surface area contributed by atoms with Crippen LogP contribution in [0.5, 0.6) is 17.2 Å². The number of ether oxygens (including phenoxy) is 3. The zero-order valence-corrected chi connectivity index (χ0v) is 22.5. The molecule has 0 saturated carbocycles. The Hall–Kier alpha value is -4.18. The van der Waals surface area contributed by atoms with E-state index in [0.717, 1.165) is 11.3 Å². The highest BCUT2D eigenvalue weighted by molar-refractivity contribution is 7.18. The molecule has 0 aliphatic carbocycles. The van der Waals surface area contributed by atoms with E-state index in [2.05, 4.69) is 4.98 Å². The van der Waals surface area contributed by atoms with Gasteiger partial charge in [-0.3, -0.25) is 19.3 Å². The highest BCUT2D eigenvalue weighted by atomic mass is 32.1. The Labute approximate surface area is 224 Å². The zero-order chi connectivity index (χ0) is 27.6. The summed E-state index contributed by atoms with van der Waals surface area (Å²) in [6.45, 7) is 7.56. The third kappa shape index (κ3) is 4.87. The summed E-state index contributed by atoms with van der Waals surface area (Å²) in [6, 6.07) is 10.6. The van der Waals surface area contributed by atoms with Gasteiger partial charge in [0, 0.05) is 12.5 Å². The van der Waals surface area contributed by atoms with E-state index < -0.39 is 17.7 Å². The molecule has 1 fully saturated rings. The minimum absolute atomic E-state index is 0.107. The molecule has 1 unspecified atom stereocenters. The SMILES string of the molecule is CCOc1ccc(C2/C(=C(\O)c3ccc(OC)cc3)C(=O)C(=O)N2c2nc(C)c(C(C)=O)s2)cc1OCC. The summed E-state index contributed by atoms with van der Waals surface area (Å²) in [6.07, 6.45) is 0. The van der Waals surface area contributed by atoms with Gasteiger partial charge in [-0.1, -0.05) is 17.4 Å². The number of ketones is 2. The molecule has 1 aromatic heterocycles. The first-order valence-corrected chi connectivity index (χ1v) is 12.9. The van der Waals surface area contributed by atoms with Crippen LogP contribution >= 0.6 is 11.3 Å². The van der Waals surface area contributed by atoms with E-state index in [1.54, 1.807) is 49.4 Å². The highest BCUT2D eigenvalue weighted by Gasteiger charge is 2.48. The molecular formula is C28H28N2O7S. The van der Waals surface area contributed by atoms with Gasteiger partial charge in [0.15, 0.2) is 22.4 Å². The first kappa shape index (κ1) is 26.9. The number of aliphatic hydroxyl groups excluding tert-OH is 1. The molecule has 198 valence electrons. The largest absolute Gasteiger partial charge is 0.507 e. The summed E-state index contributed by atoms with van der Waals surface area (Å²) < 4.78 is 16.7. The van der Waals surface area contributed by atoms with E-state index in [4.69, 9.17) is 14.2 Å². The van der Waals surface area contributed by atoms with Gasteiger partial charge in [-0.2, -0.15) is 0 Å². The van der Waals surface area contributed by atoms with Crippen molar-refractivity contribution in [2.24, 2.45) is 0 Å². The predicted molar refractivity (Wildman–Crippen MR) is 143 cm³/mol. The van der Waals surface area contributed by atoms with Crippen LogP contribution in [-0.4, -0.2) is 47.9 Å². The Kier molecular flexibility index (Phi) is 7.82. The molecule has 1 amide bonds. The van der Waals surface area contributed by atoms with Crippen LogP contribution in [0.1, 0.15) is 53.3 Å². The molecule has 0 bridgehead atoms. The Bertz CT molecular complexity index is 1430. The second-order valence-electron chi connectivity index (χ2n) is 8.44. The number of hydrogen-bond donors (Lipinski definition) is 1. The molecule has 1 saturated heterocycles. The van der Waals surface area contributed by atoms with Crippen molar-refractivity contribution in [3.8, 4) is 17.2 Å². The zero-order valence-electron chi connectivity index (χ0n) is 21.7. The van der Waals surface area contributed by atoms with Gasteiger partial charge in [-0.25, -0.2) is 4.98 Å². The van der Waals surface area contributed by atoms with Crippen LogP contribution in [-0.2, 0) is 9.59 Å². The monoisotopic (exact) mass is 536 g/mol. The van der Waals surface area contributed by atoms with Gasteiger partial charge >= 0.3 is 5.91 Å².